The molecule has 1 saturated heterocycles. The molecule has 1 aromatic rings. The van der Waals surface area contributed by atoms with Gasteiger partial charge in [0.25, 0.3) is 0 Å². The lowest BCUT2D eigenvalue weighted by Gasteiger charge is -2.34. The fourth-order valence-corrected chi connectivity index (χ4v) is 3.91. The normalized spacial score (nSPS) is 19.6. The molecule has 2 atom stereocenters. The van der Waals surface area contributed by atoms with Crippen molar-refractivity contribution in [2.45, 2.75) is 63.1 Å². The Hall–Kier alpha value is -0.850. The SMILES string of the molecule is NCC(CCCOC1CCCCO1)(CCCC(=O)O)c1ccc(Cl)c(Cl)c1. The molecule has 2 rings (SSSR count). The molecule has 0 saturated carbocycles. The third-order valence-electron chi connectivity index (χ3n) is 5.21. The molecule has 0 aromatic heterocycles. The minimum absolute atomic E-state index is 0.108. The number of carboxylic acid groups (broad SMARTS) is 1. The van der Waals surface area contributed by atoms with Crippen molar-refractivity contribution in [1.82, 2.24) is 0 Å². The summed E-state index contributed by atoms with van der Waals surface area (Å²) in [5.74, 6) is -0.798. The topological polar surface area (TPSA) is 81.8 Å². The van der Waals surface area contributed by atoms with Crippen LogP contribution < -0.4 is 5.73 Å². The van der Waals surface area contributed by atoms with Crippen molar-refractivity contribution in [2.24, 2.45) is 5.73 Å². The predicted octanol–water partition coefficient (Wildman–Crippen LogP) is 4.77. The highest BCUT2D eigenvalue weighted by Crippen LogP contribution is 2.37. The summed E-state index contributed by atoms with van der Waals surface area (Å²) in [5.41, 5.74) is 6.83. The molecule has 0 spiro atoms. The van der Waals surface area contributed by atoms with Gasteiger partial charge in [-0.3, -0.25) is 4.79 Å². The second-order valence-corrected chi connectivity index (χ2v) is 7.95. The van der Waals surface area contributed by atoms with Crippen molar-refractivity contribution in [2.75, 3.05) is 19.8 Å². The van der Waals surface area contributed by atoms with Gasteiger partial charge in [-0.1, -0.05) is 29.3 Å². The Kier molecular flexibility index (Phi) is 9.33. The Morgan fingerprint density at radius 3 is 2.67 bits per heavy atom. The minimum atomic E-state index is -0.798. The molecule has 0 bridgehead atoms. The van der Waals surface area contributed by atoms with Crippen LogP contribution in [0.4, 0.5) is 0 Å². The minimum Gasteiger partial charge on any atom is -0.481 e. The first-order valence-corrected chi connectivity index (χ1v) is 10.3. The Morgan fingerprint density at radius 1 is 1.26 bits per heavy atom. The zero-order valence-electron chi connectivity index (χ0n) is 15.6. The highest BCUT2D eigenvalue weighted by molar-refractivity contribution is 6.42. The van der Waals surface area contributed by atoms with Gasteiger partial charge in [0, 0.05) is 31.6 Å². The number of nitrogens with two attached hydrogens (primary N) is 1. The van der Waals surface area contributed by atoms with Crippen molar-refractivity contribution in [1.29, 1.82) is 0 Å². The average Bonchev–Trinajstić information content (AvgIpc) is 2.66. The van der Waals surface area contributed by atoms with Crippen LogP contribution in [0.1, 0.15) is 56.9 Å². The maximum Gasteiger partial charge on any atom is 0.303 e. The van der Waals surface area contributed by atoms with Crippen molar-refractivity contribution < 1.29 is 19.4 Å². The molecule has 1 aliphatic rings. The summed E-state index contributed by atoms with van der Waals surface area (Å²) in [4.78, 5) is 10.9. The zero-order valence-corrected chi connectivity index (χ0v) is 17.1. The lowest BCUT2D eigenvalue weighted by molar-refractivity contribution is -0.163. The highest BCUT2D eigenvalue weighted by atomic mass is 35.5. The molecule has 7 heteroatoms. The van der Waals surface area contributed by atoms with E-state index in [-0.39, 0.29) is 18.1 Å². The van der Waals surface area contributed by atoms with E-state index in [0.717, 1.165) is 44.3 Å². The Labute approximate surface area is 171 Å². The molecule has 1 fully saturated rings. The van der Waals surface area contributed by atoms with Gasteiger partial charge in [0.15, 0.2) is 6.29 Å². The van der Waals surface area contributed by atoms with E-state index in [0.29, 0.717) is 36.0 Å². The van der Waals surface area contributed by atoms with Crippen molar-refractivity contribution in [3.05, 3.63) is 33.8 Å². The van der Waals surface area contributed by atoms with Gasteiger partial charge in [0.1, 0.15) is 0 Å². The van der Waals surface area contributed by atoms with E-state index in [1.165, 1.54) is 0 Å². The number of rotatable bonds is 11. The average molecular weight is 418 g/mol. The Morgan fingerprint density at radius 2 is 2.04 bits per heavy atom. The molecule has 27 heavy (non-hydrogen) atoms. The number of carbonyl (C=O) groups is 1. The van der Waals surface area contributed by atoms with Crippen LogP contribution in [0.15, 0.2) is 18.2 Å². The van der Waals surface area contributed by atoms with Gasteiger partial charge in [0.05, 0.1) is 10.0 Å². The molecule has 1 aliphatic heterocycles. The Bertz CT molecular complexity index is 608. The van der Waals surface area contributed by atoms with Crippen LogP contribution in [-0.2, 0) is 19.7 Å². The fourth-order valence-electron chi connectivity index (χ4n) is 3.61. The van der Waals surface area contributed by atoms with E-state index in [1.807, 2.05) is 12.1 Å². The summed E-state index contributed by atoms with van der Waals surface area (Å²) < 4.78 is 11.4. The maximum atomic E-state index is 10.9. The van der Waals surface area contributed by atoms with Crippen LogP contribution in [-0.4, -0.2) is 37.1 Å². The van der Waals surface area contributed by atoms with E-state index in [2.05, 4.69) is 0 Å². The molecule has 0 radical (unpaired) electrons. The molecule has 3 N–H and O–H groups in total. The molecule has 0 aliphatic carbocycles. The molecule has 0 amide bonds. The maximum absolute atomic E-state index is 10.9. The van der Waals surface area contributed by atoms with Crippen molar-refractivity contribution in [3.63, 3.8) is 0 Å². The molecule has 5 nitrogen and oxygen atoms in total. The van der Waals surface area contributed by atoms with Gasteiger partial charge in [-0.15, -0.1) is 0 Å². The number of hydrogen-bond donors (Lipinski definition) is 2. The summed E-state index contributed by atoms with van der Waals surface area (Å²) in [6, 6.07) is 5.56. The first-order chi connectivity index (χ1) is 13.0. The van der Waals surface area contributed by atoms with Gasteiger partial charge in [-0.05, 0) is 62.6 Å². The lowest BCUT2D eigenvalue weighted by Crippen LogP contribution is -2.36. The standard InChI is InChI=1S/C20H29Cl2NO4/c21-16-8-7-15(13-17(16)22)20(14-23,9-3-5-18(24)25)10-4-12-27-19-6-1-2-11-26-19/h7-8,13,19H,1-6,9-12,14,23H2,(H,24,25). The van der Waals surface area contributed by atoms with Gasteiger partial charge < -0.3 is 20.3 Å². The van der Waals surface area contributed by atoms with E-state index < -0.39 is 5.97 Å². The first kappa shape index (κ1) is 22.4. The molecular weight excluding hydrogens is 389 g/mol. The summed E-state index contributed by atoms with van der Waals surface area (Å²) >= 11 is 12.3. The largest absolute Gasteiger partial charge is 0.481 e. The molecule has 2 unspecified atom stereocenters. The number of halogens is 2. The molecule has 152 valence electrons. The van der Waals surface area contributed by atoms with Crippen LogP contribution in [0.5, 0.6) is 0 Å². The van der Waals surface area contributed by atoms with Crippen molar-refractivity contribution in [3.8, 4) is 0 Å². The predicted molar refractivity (Wildman–Crippen MR) is 107 cm³/mol. The van der Waals surface area contributed by atoms with Crippen molar-refractivity contribution >= 4 is 29.2 Å². The molecule has 1 heterocycles. The van der Waals surface area contributed by atoms with Crippen LogP contribution in [0.25, 0.3) is 0 Å². The van der Waals surface area contributed by atoms with Crippen LogP contribution in [0.2, 0.25) is 10.0 Å². The van der Waals surface area contributed by atoms with Gasteiger partial charge >= 0.3 is 5.97 Å². The molecule has 1 aromatic carbocycles. The third-order valence-corrected chi connectivity index (χ3v) is 5.95. The third kappa shape index (κ3) is 6.91. The number of ether oxygens (including phenoxy) is 2. The van der Waals surface area contributed by atoms with E-state index in [4.69, 9.17) is 43.5 Å². The van der Waals surface area contributed by atoms with Crippen LogP contribution in [0, 0.1) is 0 Å². The van der Waals surface area contributed by atoms with Gasteiger partial charge in [-0.2, -0.15) is 0 Å². The van der Waals surface area contributed by atoms with Crippen LogP contribution >= 0.6 is 23.2 Å². The second kappa shape index (κ2) is 11.2. The van der Waals surface area contributed by atoms with Gasteiger partial charge in [0.2, 0.25) is 0 Å². The quantitative estimate of drug-likeness (QED) is 0.506. The number of carboxylic acids is 1. The smallest absolute Gasteiger partial charge is 0.303 e. The summed E-state index contributed by atoms with van der Waals surface area (Å²) in [7, 11) is 0. The zero-order chi connectivity index (χ0) is 19.7. The highest BCUT2D eigenvalue weighted by Gasteiger charge is 2.31. The van der Waals surface area contributed by atoms with E-state index in [9.17, 15) is 4.79 Å². The monoisotopic (exact) mass is 417 g/mol. The fraction of sp³-hybridized carbons (Fsp3) is 0.650. The van der Waals surface area contributed by atoms with E-state index in [1.54, 1.807) is 6.07 Å². The second-order valence-electron chi connectivity index (χ2n) is 7.13. The van der Waals surface area contributed by atoms with Crippen LogP contribution in [0.3, 0.4) is 0 Å². The Balaban J connectivity index is 2.02. The number of benzene rings is 1. The van der Waals surface area contributed by atoms with Gasteiger partial charge in [-0.25, -0.2) is 0 Å². The first-order valence-electron chi connectivity index (χ1n) is 9.57. The summed E-state index contributed by atoms with van der Waals surface area (Å²) in [6.45, 7) is 1.76. The number of hydrogen-bond acceptors (Lipinski definition) is 4. The summed E-state index contributed by atoms with van der Waals surface area (Å²) in [6.07, 6.45) is 6.00. The number of aliphatic carboxylic acids is 1. The summed E-state index contributed by atoms with van der Waals surface area (Å²) in [5, 5.41) is 9.97. The van der Waals surface area contributed by atoms with E-state index >= 15 is 0 Å². The molecular formula is C20H29Cl2NO4. The lowest BCUT2D eigenvalue weighted by atomic mass is 9.73.